The molecule has 1 aromatic carbocycles. The smallest absolute Gasteiger partial charge is 0.408 e. The van der Waals surface area contributed by atoms with E-state index in [1.807, 2.05) is 32.0 Å². The molecule has 168 valence electrons. The van der Waals surface area contributed by atoms with Crippen molar-refractivity contribution in [3.63, 3.8) is 0 Å². The molecule has 7 nitrogen and oxygen atoms in total. The van der Waals surface area contributed by atoms with Crippen LogP contribution < -0.4 is 10.6 Å². The SMILES string of the molecule is CCC(C)(CC(C)(C)C(=O)OC)[C@H](NC(=O)OC(C)(C)C)C(=O)Nc1ccccc1. The molecule has 0 radical (unpaired) electrons. The van der Waals surface area contributed by atoms with Crippen LogP contribution in [0.2, 0.25) is 0 Å². The Morgan fingerprint density at radius 3 is 2.03 bits per heavy atom. The molecule has 1 rings (SSSR count). The van der Waals surface area contributed by atoms with Crippen LogP contribution in [-0.4, -0.2) is 36.7 Å². The van der Waals surface area contributed by atoms with Crippen molar-refractivity contribution in [2.24, 2.45) is 10.8 Å². The lowest BCUT2D eigenvalue weighted by Gasteiger charge is -2.41. The first-order valence-electron chi connectivity index (χ1n) is 10.2. The van der Waals surface area contributed by atoms with Gasteiger partial charge in [-0.05, 0) is 65.0 Å². The van der Waals surface area contributed by atoms with Crippen LogP contribution in [0.25, 0.3) is 0 Å². The van der Waals surface area contributed by atoms with Gasteiger partial charge in [0.1, 0.15) is 11.6 Å². The fourth-order valence-corrected chi connectivity index (χ4v) is 3.51. The summed E-state index contributed by atoms with van der Waals surface area (Å²) in [5.74, 6) is -0.751. The van der Waals surface area contributed by atoms with Crippen LogP contribution in [0.4, 0.5) is 10.5 Å². The number of benzene rings is 1. The minimum Gasteiger partial charge on any atom is -0.469 e. The van der Waals surface area contributed by atoms with Gasteiger partial charge in [-0.1, -0.05) is 32.0 Å². The molecule has 0 aliphatic rings. The Balaban J connectivity index is 3.25. The molecular formula is C23H36N2O5. The summed E-state index contributed by atoms with van der Waals surface area (Å²) in [6.45, 7) is 12.6. The van der Waals surface area contributed by atoms with E-state index in [-0.39, 0.29) is 11.9 Å². The van der Waals surface area contributed by atoms with Gasteiger partial charge in [0, 0.05) is 5.69 Å². The van der Waals surface area contributed by atoms with Crippen molar-refractivity contribution >= 4 is 23.7 Å². The van der Waals surface area contributed by atoms with E-state index < -0.39 is 28.6 Å². The van der Waals surface area contributed by atoms with Gasteiger partial charge >= 0.3 is 12.1 Å². The highest BCUT2D eigenvalue weighted by molar-refractivity contribution is 5.97. The topological polar surface area (TPSA) is 93.7 Å². The number of carbonyl (C=O) groups excluding carboxylic acids is 3. The van der Waals surface area contributed by atoms with Crippen LogP contribution in [0.5, 0.6) is 0 Å². The van der Waals surface area contributed by atoms with Crippen molar-refractivity contribution in [2.75, 3.05) is 12.4 Å². The van der Waals surface area contributed by atoms with E-state index in [0.29, 0.717) is 18.5 Å². The zero-order valence-electron chi connectivity index (χ0n) is 19.4. The molecule has 30 heavy (non-hydrogen) atoms. The molecule has 0 heterocycles. The van der Waals surface area contributed by atoms with Gasteiger partial charge in [0.15, 0.2) is 0 Å². The summed E-state index contributed by atoms with van der Waals surface area (Å²) in [4.78, 5) is 38.1. The Morgan fingerprint density at radius 2 is 1.57 bits per heavy atom. The highest BCUT2D eigenvalue weighted by Gasteiger charge is 2.45. The lowest BCUT2D eigenvalue weighted by molar-refractivity contribution is -0.153. The molecule has 1 unspecified atom stereocenters. The van der Waals surface area contributed by atoms with Gasteiger partial charge in [0.2, 0.25) is 5.91 Å². The quantitative estimate of drug-likeness (QED) is 0.603. The van der Waals surface area contributed by atoms with E-state index in [1.165, 1.54) is 7.11 Å². The van der Waals surface area contributed by atoms with Gasteiger partial charge in [0.25, 0.3) is 0 Å². The summed E-state index contributed by atoms with van der Waals surface area (Å²) < 4.78 is 10.3. The van der Waals surface area contributed by atoms with Crippen LogP contribution in [0.15, 0.2) is 30.3 Å². The molecule has 2 amide bonds. The van der Waals surface area contributed by atoms with Crippen LogP contribution in [0.3, 0.4) is 0 Å². The predicted molar refractivity (Wildman–Crippen MR) is 117 cm³/mol. The zero-order chi connectivity index (χ0) is 23.2. The summed E-state index contributed by atoms with van der Waals surface area (Å²) in [5.41, 5.74) is -1.68. The molecule has 0 fully saturated rings. The van der Waals surface area contributed by atoms with Crippen molar-refractivity contribution in [3.8, 4) is 0 Å². The highest BCUT2D eigenvalue weighted by atomic mass is 16.6. The lowest BCUT2D eigenvalue weighted by atomic mass is 9.68. The van der Waals surface area contributed by atoms with Crippen molar-refractivity contribution in [2.45, 2.75) is 73.0 Å². The third kappa shape index (κ3) is 7.35. The Hall–Kier alpha value is -2.57. The van der Waals surface area contributed by atoms with Crippen LogP contribution in [0, 0.1) is 10.8 Å². The highest BCUT2D eigenvalue weighted by Crippen LogP contribution is 2.40. The number of ether oxygens (including phenoxy) is 2. The number of nitrogens with one attached hydrogen (secondary N) is 2. The number of carbonyl (C=O) groups is 3. The molecule has 0 aliphatic carbocycles. The number of hydrogen-bond acceptors (Lipinski definition) is 5. The summed E-state index contributed by atoms with van der Waals surface area (Å²) >= 11 is 0. The van der Waals surface area contributed by atoms with Gasteiger partial charge in [0.05, 0.1) is 12.5 Å². The first kappa shape index (κ1) is 25.5. The average Bonchev–Trinajstić information content (AvgIpc) is 2.64. The standard InChI is InChI=1S/C23H36N2O5/c1-9-23(7,15-22(5,6)19(27)29-8)17(25-20(28)30-21(2,3)4)18(26)24-16-13-11-10-12-14-16/h10-14,17H,9,15H2,1-8H3,(H,24,26)(H,25,28)/t17-,23?/m1/s1. The summed E-state index contributed by atoms with van der Waals surface area (Å²) in [5, 5.41) is 5.59. The largest absolute Gasteiger partial charge is 0.469 e. The predicted octanol–water partition coefficient (Wildman–Crippen LogP) is 4.52. The van der Waals surface area contributed by atoms with Crippen molar-refractivity contribution in [3.05, 3.63) is 30.3 Å². The number of esters is 1. The van der Waals surface area contributed by atoms with Crippen LogP contribution >= 0.6 is 0 Å². The minimum absolute atomic E-state index is 0.325. The molecule has 0 saturated heterocycles. The Kier molecular flexibility index (Phi) is 8.45. The molecule has 2 N–H and O–H groups in total. The number of rotatable bonds is 8. The number of alkyl carbamates (subject to hydrolysis) is 1. The lowest BCUT2D eigenvalue weighted by Crippen LogP contribution is -2.55. The van der Waals surface area contributed by atoms with Crippen molar-refractivity contribution < 1.29 is 23.9 Å². The van der Waals surface area contributed by atoms with Crippen molar-refractivity contribution in [1.82, 2.24) is 5.32 Å². The molecule has 0 saturated carbocycles. The molecule has 0 aliphatic heterocycles. The molecule has 2 atom stereocenters. The van der Waals surface area contributed by atoms with Crippen molar-refractivity contribution in [1.29, 1.82) is 0 Å². The maximum atomic E-state index is 13.2. The number of amides is 2. The average molecular weight is 421 g/mol. The fourth-order valence-electron chi connectivity index (χ4n) is 3.51. The number of methoxy groups -OCH3 is 1. The van der Waals surface area contributed by atoms with E-state index in [2.05, 4.69) is 10.6 Å². The summed E-state index contributed by atoms with van der Waals surface area (Å²) in [7, 11) is 1.34. The van der Waals surface area contributed by atoms with Gasteiger partial charge in [-0.25, -0.2) is 4.79 Å². The third-order valence-electron chi connectivity index (χ3n) is 5.05. The Morgan fingerprint density at radius 1 is 1.00 bits per heavy atom. The third-order valence-corrected chi connectivity index (χ3v) is 5.05. The Labute approximate surface area is 179 Å². The normalized spacial score (nSPS) is 14.8. The second-order valence-electron chi connectivity index (χ2n) is 9.49. The minimum atomic E-state index is -0.929. The van der Waals surface area contributed by atoms with Gasteiger partial charge in [-0.15, -0.1) is 0 Å². The molecule has 0 spiro atoms. The first-order valence-corrected chi connectivity index (χ1v) is 10.2. The maximum absolute atomic E-state index is 13.2. The molecule has 0 aromatic heterocycles. The second-order valence-corrected chi connectivity index (χ2v) is 9.49. The van der Waals surface area contributed by atoms with Gasteiger partial charge in [-0.3, -0.25) is 9.59 Å². The summed E-state index contributed by atoms with van der Waals surface area (Å²) in [6, 6.07) is 8.08. The van der Waals surface area contributed by atoms with E-state index in [1.54, 1.807) is 46.8 Å². The van der Waals surface area contributed by atoms with Gasteiger partial charge in [-0.2, -0.15) is 0 Å². The maximum Gasteiger partial charge on any atom is 0.408 e. The van der Waals surface area contributed by atoms with E-state index in [9.17, 15) is 14.4 Å². The monoisotopic (exact) mass is 420 g/mol. The fraction of sp³-hybridized carbons (Fsp3) is 0.609. The first-order chi connectivity index (χ1) is 13.7. The van der Waals surface area contributed by atoms with Crippen LogP contribution in [0.1, 0.15) is 61.3 Å². The molecular weight excluding hydrogens is 384 g/mol. The number of anilines is 1. The van der Waals surface area contributed by atoms with E-state index in [4.69, 9.17) is 9.47 Å². The Bertz CT molecular complexity index is 740. The molecule has 7 heteroatoms. The second kappa shape index (κ2) is 9.96. The zero-order valence-corrected chi connectivity index (χ0v) is 19.4. The van der Waals surface area contributed by atoms with E-state index >= 15 is 0 Å². The summed E-state index contributed by atoms with van der Waals surface area (Å²) in [6.07, 6.45) is 0.174. The van der Waals surface area contributed by atoms with E-state index in [0.717, 1.165) is 0 Å². The molecule has 1 aromatic rings. The molecule has 0 bridgehead atoms. The number of para-hydroxylation sites is 1. The number of hydrogen-bond donors (Lipinski definition) is 2. The van der Waals surface area contributed by atoms with Crippen LogP contribution in [-0.2, 0) is 19.1 Å². The van der Waals surface area contributed by atoms with Gasteiger partial charge < -0.3 is 20.1 Å².